The third-order valence-electron chi connectivity index (χ3n) is 3.13. The minimum absolute atomic E-state index is 0.177. The second-order valence-electron chi connectivity index (χ2n) is 4.84. The maximum Gasteiger partial charge on any atom is 0.288 e. The molecule has 0 saturated carbocycles. The number of nitrogens with one attached hydrogen (secondary N) is 1. The van der Waals surface area contributed by atoms with Crippen molar-refractivity contribution in [2.24, 2.45) is 0 Å². The Labute approximate surface area is 144 Å². The minimum Gasteiger partial charge on any atom is -0.468 e. The van der Waals surface area contributed by atoms with Gasteiger partial charge in [0.2, 0.25) is 11.8 Å². The van der Waals surface area contributed by atoms with Crippen LogP contribution in [0.25, 0.3) is 6.08 Å². The predicted octanol–water partition coefficient (Wildman–Crippen LogP) is 1.49. The zero-order valence-corrected chi connectivity index (χ0v) is 14.0. The van der Waals surface area contributed by atoms with Crippen LogP contribution >= 0.6 is 11.8 Å². The van der Waals surface area contributed by atoms with Crippen LogP contribution in [0.3, 0.4) is 0 Å². The summed E-state index contributed by atoms with van der Waals surface area (Å²) in [5.41, 5.74) is 0.844. The van der Waals surface area contributed by atoms with Gasteiger partial charge in [0.05, 0.1) is 5.75 Å². The molecule has 1 aromatic carbocycles. The van der Waals surface area contributed by atoms with Crippen molar-refractivity contribution in [1.29, 1.82) is 0 Å². The molecule has 0 aliphatic carbocycles. The first-order valence-electron chi connectivity index (χ1n) is 7.25. The molecule has 24 heavy (non-hydrogen) atoms. The molecule has 7 nitrogen and oxygen atoms in total. The molecule has 0 unspecified atom stereocenters. The van der Waals surface area contributed by atoms with E-state index in [0.717, 1.165) is 22.2 Å². The molecule has 1 aliphatic rings. The Balaban J connectivity index is 1.74. The monoisotopic (exact) mass is 350 g/mol. The van der Waals surface area contributed by atoms with Gasteiger partial charge in [-0.1, -0.05) is 23.9 Å². The Hall–Kier alpha value is -2.32. The Morgan fingerprint density at radius 2 is 2.08 bits per heavy atom. The Morgan fingerprint density at radius 1 is 1.33 bits per heavy atom. The summed E-state index contributed by atoms with van der Waals surface area (Å²) in [6, 6.07) is 7.18. The first kappa shape index (κ1) is 18.0. The molecule has 1 heterocycles. The number of carbonyl (C=O) groups excluding carboxylic acids is 3. The van der Waals surface area contributed by atoms with Crippen LogP contribution in [-0.4, -0.2) is 54.7 Å². The Morgan fingerprint density at radius 3 is 2.71 bits per heavy atom. The highest BCUT2D eigenvalue weighted by molar-refractivity contribution is 8.14. The average molecular weight is 350 g/mol. The number of thioether (sulfide) groups is 1. The van der Waals surface area contributed by atoms with Gasteiger partial charge in [-0.15, -0.1) is 0 Å². The van der Waals surface area contributed by atoms with Gasteiger partial charge in [-0.25, -0.2) is 0 Å². The predicted molar refractivity (Wildman–Crippen MR) is 90.6 cm³/mol. The fourth-order valence-corrected chi connectivity index (χ4v) is 2.67. The zero-order valence-electron chi connectivity index (χ0n) is 13.2. The van der Waals surface area contributed by atoms with Gasteiger partial charge < -0.3 is 14.8 Å². The topological polar surface area (TPSA) is 84.9 Å². The van der Waals surface area contributed by atoms with E-state index in [4.69, 9.17) is 9.47 Å². The van der Waals surface area contributed by atoms with Crippen LogP contribution in [0, 0.1) is 0 Å². The quantitative estimate of drug-likeness (QED) is 0.565. The van der Waals surface area contributed by atoms with E-state index in [1.54, 1.807) is 25.3 Å². The van der Waals surface area contributed by atoms with E-state index in [9.17, 15) is 14.4 Å². The van der Waals surface area contributed by atoms with Crippen LogP contribution in [0.5, 0.6) is 5.75 Å². The summed E-state index contributed by atoms with van der Waals surface area (Å²) in [6.45, 7) is 0.596. The fourth-order valence-electron chi connectivity index (χ4n) is 1.92. The van der Waals surface area contributed by atoms with E-state index in [1.165, 1.54) is 6.08 Å². The van der Waals surface area contributed by atoms with Gasteiger partial charge in [0.25, 0.3) is 5.24 Å². The number of ether oxygens (including phenoxy) is 2. The van der Waals surface area contributed by atoms with E-state index >= 15 is 0 Å². The van der Waals surface area contributed by atoms with Crippen molar-refractivity contribution in [3.05, 3.63) is 35.9 Å². The van der Waals surface area contributed by atoms with Crippen molar-refractivity contribution in [2.75, 3.05) is 32.7 Å². The van der Waals surface area contributed by atoms with Crippen molar-refractivity contribution in [3.8, 4) is 5.75 Å². The number of hydrogen-bond donors (Lipinski definition) is 1. The van der Waals surface area contributed by atoms with Crippen molar-refractivity contribution >= 4 is 34.9 Å². The largest absolute Gasteiger partial charge is 0.468 e. The summed E-state index contributed by atoms with van der Waals surface area (Å²) < 4.78 is 10.1. The normalized spacial score (nSPS) is 14.5. The van der Waals surface area contributed by atoms with E-state index < -0.39 is 0 Å². The second-order valence-corrected chi connectivity index (χ2v) is 5.77. The molecule has 0 spiro atoms. The lowest BCUT2D eigenvalue weighted by atomic mass is 10.2. The molecule has 0 radical (unpaired) electrons. The highest BCUT2D eigenvalue weighted by Crippen LogP contribution is 2.17. The van der Waals surface area contributed by atoms with E-state index in [0.29, 0.717) is 5.75 Å². The first-order chi connectivity index (χ1) is 11.6. The maximum absolute atomic E-state index is 11.7. The summed E-state index contributed by atoms with van der Waals surface area (Å²) in [5.74, 6) is 0.347. The molecule has 0 bridgehead atoms. The number of hydrogen-bond acceptors (Lipinski definition) is 6. The lowest BCUT2D eigenvalue weighted by molar-refractivity contribution is -0.125. The van der Waals surface area contributed by atoms with Gasteiger partial charge in [-0.2, -0.15) is 0 Å². The summed E-state index contributed by atoms with van der Waals surface area (Å²) in [4.78, 5) is 35.7. The lowest BCUT2D eigenvalue weighted by Gasteiger charge is -2.12. The van der Waals surface area contributed by atoms with E-state index in [1.807, 2.05) is 12.1 Å². The Bertz CT molecular complexity index is 614. The van der Waals surface area contributed by atoms with Crippen molar-refractivity contribution in [2.45, 2.75) is 0 Å². The average Bonchev–Trinajstić information content (AvgIpc) is 2.91. The molecule has 1 fully saturated rings. The van der Waals surface area contributed by atoms with Gasteiger partial charge >= 0.3 is 0 Å². The zero-order chi connectivity index (χ0) is 17.4. The molecule has 1 aromatic rings. The third kappa shape index (κ3) is 5.39. The number of nitrogens with zero attached hydrogens (tertiary/aromatic N) is 1. The molecule has 8 heteroatoms. The van der Waals surface area contributed by atoms with Crippen molar-refractivity contribution in [3.63, 3.8) is 0 Å². The number of methoxy groups -OCH3 is 1. The molecule has 3 amide bonds. The molecule has 2 rings (SSSR count). The third-order valence-corrected chi connectivity index (χ3v) is 3.98. The van der Waals surface area contributed by atoms with Crippen molar-refractivity contribution < 1.29 is 23.9 Å². The van der Waals surface area contributed by atoms with E-state index in [-0.39, 0.29) is 42.7 Å². The highest BCUT2D eigenvalue weighted by atomic mass is 32.2. The lowest BCUT2D eigenvalue weighted by Crippen LogP contribution is -2.37. The standard InChI is InChI=1S/C16H18N2O5S/c1-22-11-23-13-5-2-12(3-6-13)4-7-14(19)17-8-9-18-15(20)10-24-16(18)21/h2-7H,8-11H2,1H3,(H,17,19)/b7-4+. The van der Waals surface area contributed by atoms with Crippen LogP contribution in [-0.2, 0) is 14.3 Å². The molecular weight excluding hydrogens is 332 g/mol. The van der Waals surface area contributed by atoms with Crippen LogP contribution in [0.15, 0.2) is 30.3 Å². The summed E-state index contributed by atoms with van der Waals surface area (Å²) in [5, 5.41) is 2.37. The number of imide groups is 1. The van der Waals surface area contributed by atoms with Crippen LogP contribution in [0.4, 0.5) is 4.79 Å². The highest BCUT2D eigenvalue weighted by Gasteiger charge is 2.29. The molecule has 1 aliphatic heterocycles. The molecule has 1 N–H and O–H groups in total. The SMILES string of the molecule is COCOc1ccc(/C=C/C(=O)NCCN2C(=O)CSC2=O)cc1. The van der Waals surface area contributed by atoms with Crippen molar-refractivity contribution in [1.82, 2.24) is 10.2 Å². The van der Waals surface area contributed by atoms with Gasteiger partial charge in [-0.3, -0.25) is 19.3 Å². The van der Waals surface area contributed by atoms with Crippen LogP contribution in [0.2, 0.25) is 0 Å². The van der Waals surface area contributed by atoms with E-state index in [2.05, 4.69) is 5.32 Å². The maximum atomic E-state index is 11.7. The van der Waals surface area contributed by atoms with Crippen LogP contribution < -0.4 is 10.1 Å². The molecule has 0 atom stereocenters. The number of carbonyl (C=O) groups is 3. The molecule has 1 saturated heterocycles. The molecule has 0 aromatic heterocycles. The molecule has 128 valence electrons. The van der Waals surface area contributed by atoms with Gasteiger partial charge in [-0.05, 0) is 23.8 Å². The first-order valence-corrected chi connectivity index (χ1v) is 8.23. The van der Waals surface area contributed by atoms with Crippen LogP contribution in [0.1, 0.15) is 5.56 Å². The van der Waals surface area contributed by atoms with Gasteiger partial charge in [0.15, 0.2) is 6.79 Å². The summed E-state index contributed by atoms with van der Waals surface area (Å²) in [7, 11) is 1.55. The number of benzene rings is 1. The number of amides is 3. The van der Waals surface area contributed by atoms with Gasteiger partial charge in [0.1, 0.15) is 5.75 Å². The minimum atomic E-state index is -0.290. The molecular formula is C16H18N2O5S. The Kier molecular flexibility index (Phi) is 6.83. The summed E-state index contributed by atoms with van der Waals surface area (Å²) in [6.07, 6.45) is 3.06. The smallest absolute Gasteiger partial charge is 0.288 e. The number of rotatable bonds is 8. The summed E-state index contributed by atoms with van der Waals surface area (Å²) >= 11 is 0.978. The fraction of sp³-hybridized carbons (Fsp3) is 0.312. The van der Waals surface area contributed by atoms with Gasteiger partial charge in [0, 0.05) is 26.3 Å². The second kappa shape index (κ2) is 9.09.